The first kappa shape index (κ1) is 19.5. The van der Waals surface area contributed by atoms with Crippen molar-refractivity contribution in [3.8, 4) is 0 Å². The van der Waals surface area contributed by atoms with E-state index in [1.807, 2.05) is 6.20 Å². The molecular weight excluding hydrogens is 360 g/mol. The highest BCUT2D eigenvalue weighted by molar-refractivity contribution is 7.91. The predicted molar refractivity (Wildman–Crippen MR) is 106 cm³/mol. The lowest BCUT2D eigenvalue weighted by molar-refractivity contribution is 0.435. The second-order valence-corrected chi connectivity index (χ2v) is 9.37. The van der Waals surface area contributed by atoms with Gasteiger partial charge >= 0.3 is 0 Å². The van der Waals surface area contributed by atoms with Crippen LogP contribution < -0.4 is 10.6 Å². The summed E-state index contributed by atoms with van der Waals surface area (Å²) in [5.74, 6) is 0.567. The zero-order valence-corrected chi connectivity index (χ0v) is 16.8. The van der Waals surface area contributed by atoms with E-state index in [1.165, 1.54) is 11.8 Å². The number of hydrogen-bond donors (Lipinski definition) is 2. The molecule has 2 aromatic heterocycles. The van der Waals surface area contributed by atoms with Crippen LogP contribution in [0.25, 0.3) is 5.70 Å². The molecule has 0 unspecified atom stereocenters. The van der Waals surface area contributed by atoms with Crippen molar-refractivity contribution < 1.29 is 8.42 Å². The van der Waals surface area contributed by atoms with Gasteiger partial charge in [0.1, 0.15) is 0 Å². The molecule has 2 N–H and O–H groups in total. The fraction of sp³-hybridized carbons (Fsp3) is 0.400. The first-order chi connectivity index (χ1) is 12.8. The van der Waals surface area contributed by atoms with Crippen molar-refractivity contribution in [2.75, 3.05) is 5.75 Å². The van der Waals surface area contributed by atoms with Gasteiger partial charge in [0.2, 0.25) is 0 Å². The molecule has 0 aromatic carbocycles. The Bertz CT molecular complexity index is 937. The standard InChI is InChI=1S/C20H26N4O2S/c1-5-27(25,26)18-7-6-17(22-12-18)11-21-14(4)15-8-16-10-23-19(13(2)3)20(16)24-9-15/h6-9,12-13,19,21,23H,4-5,10-11H2,1-3H3/t19-/m0/s1. The average Bonchev–Trinajstić information content (AvgIpc) is 3.10. The average molecular weight is 387 g/mol. The summed E-state index contributed by atoms with van der Waals surface area (Å²) in [6, 6.07) is 5.75. The van der Waals surface area contributed by atoms with Crippen molar-refractivity contribution in [1.82, 2.24) is 20.6 Å². The van der Waals surface area contributed by atoms with E-state index in [-0.39, 0.29) is 10.6 Å². The minimum absolute atomic E-state index is 0.0704. The summed E-state index contributed by atoms with van der Waals surface area (Å²) in [7, 11) is -3.22. The Hall–Kier alpha value is -2.25. The summed E-state index contributed by atoms with van der Waals surface area (Å²) in [4.78, 5) is 9.13. The van der Waals surface area contributed by atoms with Crippen molar-refractivity contribution in [2.24, 2.45) is 5.92 Å². The molecule has 3 heterocycles. The van der Waals surface area contributed by atoms with Crippen LogP contribution in [0, 0.1) is 5.92 Å². The summed E-state index contributed by atoms with van der Waals surface area (Å²) >= 11 is 0. The minimum Gasteiger partial charge on any atom is -0.379 e. The monoisotopic (exact) mass is 386 g/mol. The van der Waals surface area contributed by atoms with Crippen LogP contribution >= 0.6 is 0 Å². The smallest absolute Gasteiger partial charge is 0.179 e. The first-order valence-electron chi connectivity index (χ1n) is 9.15. The summed E-state index contributed by atoms with van der Waals surface area (Å²) in [5.41, 5.74) is 4.80. The third-order valence-corrected chi connectivity index (χ3v) is 6.56. The molecule has 0 radical (unpaired) electrons. The van der Waals surface area contributed by atoms with Crippen LogP contribution in [0.5, 0.6) is 0 Å². The Labute approximate surface area is 161 Å². The van der Waals surface area contributed by atoms with Crippen LogP contribution in [-0.4, -0.2) is 24.1 Å². The van der Waals surface area contributed by atoms with E-state index in [4.69, 9.17) is 0 Å². The molecule has 0 saturated heterocycles. The fourth-order valence-electron chi connectivity index (χ4n) is 3.14. The number of hydrogen-bond acceptors (Lipinski definition) is 6. The molecule has 0 amide bonds. The van der Waals surface area contributed by atoms with Crippen molar-refractivity contribution >= 4 is 15.5 Å². The van der Waals surface area contributed by atoms with Crippen LogP contribution in [0.1, 0.15) is 49.3 Å². The number of pyridine rings is 2. The topological polar surface area (TPSA) is 84.0 Å². The summed E-state index contributed by atoms with van der Waals surface area (Å²) in [6.07, 6.45) is 3.26. The fourth-order valence-corrected chi connectivity index (χ4v) is 3.96. The van der Waals surface area contributed by atoms with Crippen LogP contribution in [0.2, 0.25) is 0 Å². The highest BCUT2D eigenvalue weighted by atomic mass is 32.2. The molecule has 2 aromatic rings. The Balaban J connectivity index is 1.65. The number of sulfone groups is 1. The molecule has 27 heavy (non-hydrogen) atoms. The van der Waals surface area contributed by atoms with Gasteiger partial charge < -0.3 is 10.6 Å². The second kappa shape index (κ2) is 7.78. The highest BCUT2D eigenvalue weighted by Crippen LogP contribution is 2.30. The van der Waals surface area contributed by atoms with Gasteiger partial charge in [0, 0.05) is 30.2 Å². The molecule has 0 aliphatic carbocycles. The lowest BCUT2D eigenvalue weighted by Gasteiger charge is -2.15. The minimum atomic E-state index is -3.22. The number of aromatic nitrogens is 2. The maximum absolute atomic E-state index is 11.8. The zero-order valence-electron chi connectivity index (χ0n) is 16.0. The SMILES string of the molecule is C=C(NCc1ccc(S(=O)(=O)CC)cn1)c1cnc2c(c1)CN[C@H]2C(C)C. The molecule has 0 spiro atoms. The van der Waals surface area contributed by atoms with Crippen LogP contribution in [0.4, 0.5) is 0 Å². The molecule has 1 atom stereocenters. The van der Waals surface area contributed by atoms with E-state index in [1.54, 1.807) is 19.1 Å². The van der Waals surface area contributed by atoms with Crippen molar-refractivity contribution in [1.29, 1.82) is 0 Å². The Morgan fingerprint density at radius 1 is 1.33 bits per heavy atom. The quantitative estimate of drug-likeness (QED) is 0.761. The van der Waals surface area contributed by atoms with Crippen molar-refractivity contribution in [3.63, 3.8) is 0 Å². The number of rotatable bonds is 7. The van der Waals surface area contributed by atoms with Gasteiger partial charge in [-0.3, -0.25) is 9.97 Å². The summed E-state index contributed by atoms with van der Waals surface area (Å²) in [6.45, 7) is 11.4. The molecule has 0 saturated carbocycles. The Morgan fingerprint density at radius 3 is 2.74 bits per heavy atom. The second-order valence-electron chi connectivity index (χ2n) is 7.09. The molecule has 0 fully saturated rings. The van der Waals surface area contributed by atoms with E-state index >= 15 is 0 Å². The van der Waals surface area contributed by atoms with Gasteiger partial charge in [-0.1, -0.05) is 27.4 Å². The van der Waals surface area contributed by atoms with Crippen molar-refractivity contribution in [3.05, 3.63) is 59.7 Å². The first-order valence-corrected chi connectivity index (χ1v) is 10.8. The van der Waals surface area contributed by atoms with Gasteiger partial charge in [-0.2, -0.15) is 0 Å². The van der Waals surface area contributed by atoms with E-state index in [9.17, 15) is 8.42 Å². The lowest BCUT2D eigenvalue weighted by atomic mass is 10.00. The molecule has 144 valence electrons. The Kier molecular flexibility index (Phi) is 5.62. The van der Waals surface area contributed by atoms with Gasteiger partial charge in [0.15, 0.2) is 9.84 Å². The van der Waals surface area contributed by atoms with Gasteiger partial charge in [-0.05, 0) is 29.7 Å². The van der Waals surface area contributed by atoms with Gasteiger partial charge in [-0.15, -0.1) is 0 Å². The molecular formula is C20H26N4O2S. The van der Waals surface area contributed by atoms with E-state index in [0.717, 1.165) is 29.2 Å². The maximum Gasteiger partial charge on any atom is 0.179 e. The number of nitrogens with one attached hydrogen (secondary N) is 2. The molecule has 0 bridgehead atoms. The summed E-state index contributed by atoms with van der Waals surface area (Å²) in [5, 5.41) is 6.74. The largest absolute Gasteiger partial charge is 0.379 e. The molecule has 1 aliphatic heterocycles. The summed E-state index contributed by atoms with van der Waals surface area (Å²) < 4.78 is 23.7. The van der Waals surface area contributed by atoms with E-state index in [2.05, 4.69) is 47.1 Å². The number of fused-ring (bicyclic) bond motifs is 1. The maximum atomic E-state index is 11.8. The van der Waals surface area contributed by atoms with Crippen LogP contribution in [0.15, 0.2) is 42.1 Å². The zero-order chi connectivity index (χ0) is 19.6. The van der Waals surface area contributed by atoms with Crippen molar-refractivity contribution in [2.45, 2.75) is 44.8 Å². The molecule has 1 aliphatic rings. The third-order valence-electron chi connectivity index (χ3n) is 4.84. The highest BCUT2D eigenvalue weighted by Gasteiger charge is 2.26. The molecule has 7 heteroatoms. The van der Waals surface area contributed by atoms with Crippen LogP contribution in [0.3, 0.4) is 0 Å². The lowest BCUT2D eigenvalue weighted by Crippen LogP contribution is -2.18. The predicted octanol–water partition coefficient (Wildman–Crippen LogP) is 2.83. The van der Waals surface area contributed by atoms with Crippen LogP contribution in [-0.2, 0) is 22.9 Å². The van der Waals surface area contributed by atoms with Gasteiger partial charge in [0.05, 0.1) is 34.6 Å². The normalized spacial score (nSPS) is 16.4. The number of nitrogens with zero attached hydrogens (tertiary/aromatic N) is 2. The van der Waals surface area contributed by atoms with Gasteiger partial charge in [0.25, 0.3) is 0 Å². The third kappa shape index (κ3) is 4.20. The van der Waals surface area contributed by atoms with Gasteiger partial charge in [-0.25, -0.2) is 8.42 Å². The molecule has 6 nitrogen and oxygen atoms in total. The molecule has 3 rings (SSSR count). The van der Waals surface area contributed by atoms with E-state index in [0.29, 0.717) is 18.5 Å². The Morgan fingerprint density at radius 2 is 2.11 bits per heavy atom. The van der Waals surface area contributed by atoms with E-state index < -0.39 is 9.84 Å².